The van der Waals surface area contributed by atoms with Crippen LogP contribution in [0, 0.1) is 0 Å². The Balaban J connectivity index is 2.11. The Kier molecular flexibility index (Phi) is 4.02. The summed E-state index contributed by atoms with van der Waals surface area (Å²) in [6.45, 7) is 2.27. The van der Waals surface area contributed by atoms with Gasteiger partial charge >= 0.3 is 0 Å². The molecule has 15 heavy (non-hydrogen) atoms. The van der Waals surface area contributed by atoms with E-state index < -0.39 is 0 Å². The van der Waals surface area contributed by atoms with Crippen molar-refractivity contribution in [3.63, 3.8) is 0 Å². The first-order chi connectivity index (χ1) is 7.33. The maximum absolute atomic E-state index is 5.64. The van der Waals surface area contributed by atoms with Crippen LogP contribution in [0.15, 0.2) is 23.0 Å². The molecule has 1 aromatic rings. The lowest BCUT2D eigenvalue weighted by molar-refractivity contribution is 0.510. The van der Waals surface area contributed by atoms with E-state index in [1.165, 1.54) is 11.5 Å². The van der Waals surface area contributed by atoms with Gasteiger partial charge in [-0.2, -0.15) is 23.5 Å². The zero-order valence-corrected chi connectivity index (χ0v) is 10.3. The highest BCUT2D eigenvalue weighted by molar-refractivity contribution is 8.07. The second-order valence-corrected chi connectivity index (χ2v) is 6.38. The SMILES string of the molecule is CC1SCCSC1C(NN)c1ccoc1. The Hall–Kier alpha value is -0.100. The minimum atomic E-state index is 0.191. The van der Waals surface area contributed by atoms with Crippen LogP contribution < -0.4 is 11.3 Å². The number of rotatable bonds is 3. The van der Waals surface area contributed by atoms with Crippen LogP contribution in [0.25, 0.3) is 0 Å². The Morgan fingerprint density at radius 1 is 1.53 bits per heavy atom. The van der Waals surface area contributed by atoms with E-state index in [0.29, 0.717) is 10.5 Å². The van der Waals surface area contributed by atoms with Gasteiger partial charge in [-0.25, -0.2) is 0 Å². The molecule has 1 fully saturated rings. The third kappa shape index (κ3) is 2.53. The summed E-state index contributed by atoms with van der Waals surface area (Å²) in [4.78, 5) is 0. The number of nitrogens with one attached hydrogen (secondary N) is 1. The maximum atomic E-state index is 5.64. The summed E-state index contributed by atoms with van der Waals surface area (Å²) >= 11 is 4.02. The van der Waals surface area contributed by atoms with Gasteiger partial charge in [0.1, 0.15) is 0 Å². The average Bonchev–Trinajstić information content (AvgIpc) is 2.75. The van der Waals surface area contributed by atoms with Gasteiger partial charge in [0, 0.05) is 27.6 Å². The van der Waals surface area contributed by atoms with E-state index in [2.05, 4.69) is 12.3 Å². The highest BCUT2D eigenvalue weighted by Crippen LogP contribution is 2.38. The molecule has 3 nitrogen and oxygen atoms in total. The predicted molar refractivity (Wildman–Crippen MR) is 66.9 cm³/mol. The van der Waals surface area contributed by atoms with Crippen molar-refractivity contribution in [2.45, 2.75) is 23.5 Å². The lowest BCUT2D eigenvalue weighted by atomic mass is 10.1. The van der Waals surface area contributed by atoms with Gasteiger partial charge < -0.3 is 4.42 Å². The molecular weight excluding hydrogens is 228 g/mol. The van der Waals surface area contributed by atoms with Gasteiger partial charge in [0.15, 0.2) is 0 Å². The van der Waals surface area contributed by atoms with E-state index in [0.717, 1.165) is 5.56 Å². The van der Waals surface area contributed by atoms with Gasteiger partial charge in [-0.15, -0.1) is 0 Å². The fourth-order valence-corrected chi connectivity index (χ4v) is 4.78. The second kappa shape index (κ2) is 5.30. The van der Waals surface area contributed by atoms with Crippen LogP contribution in [-0.4, -0.2) is 22.0 Å². The molecule has 0 aromatic carbocycles. The molecule has 3 unspecified atom stereocenters. The molecule has 3 atom stereocenters. The lowest BCUT2D eigenvalue weighted by Gasteiger charge is -2.33. The Labute approximate surface area is 98.5 Å². The molecule has 84 valence electrons. The first-order valence-electron chi connectivity index (χ1n) is 5.04. The molecule has 0 saturated carbocycles. The topological polar surface area (TPSA) is 51.2 Å². The highest BCUT2D eigenvalue weighted by atomic mass is 32.2. The second-order valence-electron chi connectivity index (χ2n) is 3.61. The van der Waals surface area contributed by atoms with Gasteiger partial charge in [-0.1, -0.05) is 6.92 Å². The maximum Gasteiger partial charge on any atom is 0.0951 e. The van der Waals surface area contributed by atoms with Crippen LogP contribution in [0.2, 0.25) is 0 Å². The van der Waals surface area contributed by atoms with Crippen molar-refractivity contribution in [3.8, 4) is 0 Å². The molecule has 1 aromatic heterocycles. The van der Waals surface area contributed by atoms with Crippen molar-refractivity contribution in [2.75, 3.05) is 11.5 Å². The van der Waals surface area contributed by atoms with E-state index in [1.807, 2.05) is 29.6 Å². The predicted octanol–water partition coefficient (Wildman–Crippen LogP) is 2.02. The summed E-state index contributed by atoms with van der Waals surface area (Å²) in [6.07, 6.45) is 3.47. The fourth-order valence-electron chi connectivity index (χ4n) is 1.85. The third-order valence-electron chi connectivity index (χ3n) is 2.65. The number of nitrogens with two attached hydrogens (primary N) is 1. The number of hydrazine groups is 1. The van der Waals surface area contributed by atoms with Crippen molar-refractivity contribution in [3.05, 3.63) is 24.2 Å². The van der Waals surface area contributed by atoms with Gasteiger partial charge in [-0.05, 0) is 6.07 Å². The van der Waals surface area contributed by atoms with Crippen molar-refractivity contribution in [2.24, 2.45) is 5.84 Å². The lowest BCUT2D eigenvalue weighted by Crippen LogP contribution is -2.40. The molecule has 0 aliphatic carbocycles. The number of hydrogen-bond acceptors (Lipinski definition) is 5. The third-order valence-corrected chi connectivity index (χ3v) is 5.84. The quantitative estimate of drug-likeness (QED) is 0.629. The van der Waals surface area contributed by atoms with Crippen LogP contribution >= 0.6 is 23.5 Å². The van der Waals surface area contributed by atoms with Crippen LogP contribution in [-0.2, 0) is 0 Å². The van der Waals surface area contributed by atoms with E-state index >= 15 is 0 Å². The Morgan fingerprint density at radius 2 is 2.33 bits per heavy atom. The van der Waals surface area contributed by atoms with Crippen LogP contribution in [0.3, 0.4) is 0 Å². The minimum Gasteiger partial charge on any atom is -0.472 e. The average molecular weight is 244 g/mol. The standard InChI is InChI=1S/C10H16N2OS2/c1-7-10(15-5-4-14-7)9(12-11)8-2-3-13-6-8/h2-3,6-7,9-10,12H,4-5,11H2,1H3. The van der Waals surface area contributed by atoms with Gasteiger partial charge in [0.25, 0.3) is 0 Å². The number of furan rings is 1. The van der Waals surface area contributed by atoms with E-state index in [-0.39, 0.29) is 6.04 Å². The molecule has 0 spiro atoms. The molecular formula is C10H16N2OS2. The summed E-state index contributed by atoms with van der Waals surface area (Å²) in [5, 5.41) is 1.14. The number of thioether (sulfide) groups is 2. The summed E-state index contributed by atoms with van der Waals surface area (Å²) < 4.78 is 5.11. The van der Waals surface area contributed by atoms with Crippen LogP contribution in [0.4, 0.5) is 0 Å². The molecule has 2 heterocycles. The largest absolute Gasteiger partial charge is 0.472 e. The van der Waals surface area contributed by atoms with Crippen molar-refractivity contribution in [1.29, 1.82) is 0 Å². The van der Waals surface area contributed by atoms with E-state index in [1.54, 1.807) is 12.5 Å². The molecule has 2 rings (SSSR count). The zero-order valence-electron chi connectivity index (χ0n) is 8.68. The summed E-state index contributed by atoms with van der Waals surface area (Å²) in [5.41, 5.74) is 4.05. The van der Waals surface area contributed by atoms with Gasteiger partial charge in [0.05, 0.1) is 18.6 Å². The molecule has 0 bridgehead atoms. The molecule has 0 amide bonds. The minimum absolute atomic E-state index is 0.191. The van der Waals surface area contributed by atoms with Gasteiger partial charge in [-0.3, -0.25) is 11.3 Å². The summed E-state index contributed by atoms with van der Waals surface area (Å²) in [5.74, 6) is 8.09. The molecule has 1 aliphatic rings. The first-order valence-corrected chi connectivity index (χ1v) is 7.14. The van der Waals surface area contributed by atoms with Crippen LogP contribution in [0.5, 0.6) is 0 Å². The Morgan fingerprint density at radius 3 is 2.93 bits per heavy atom. The van der Waals surface area contributed by atoms with Crippen molar-refractivity contribution in [1.82, 2.24) is 5.43 Å². The smallest absolute Gasteiger partial charge is 0.0951 e. The molecule has 0 radical (unpaired) electrons. The van der Waals surface area contributed by atoms with Crippen LogP contribution in [0.1, 0.15) is 18.5 Å². The number of hydrogen-bond donors (Lipinski definition) is 2. The van der Waals surface area contributed by atoms with Gasteiger partial charge in [0.2, 0.25) is 0 Å². The monoisotopic (exact) mass is 244 g/mol. The van der Waals surface area contributed by atoms with Crippen molar-refractivity contribution < 1.29 is 4.42 Å². The highest BCUT2D eigenvalue weighted by Gasteiger charge is 2.31. The summed E-state index contributed by atoms with van der Waals surface area (Å²) in [7, 11) is 0. The first kappa shape index (κ1) is 11.4. The molecule has 1 saturated heterocycles. The van der Waals surface area contributed by atoms with E-state index in [9.17, 15) is 0 Å². The Bertz CT molecular complexity index is 292. The molecule has 5 heteroatoms. The van der Waals surface area contributed by atoms with E-state index in [4.69, 9.17) is 10.3 Å². The molecule has 1 aliphatic heterocycles. The summed E-state index contributed by atoms with van der Waals surface area (Å²) in [6, 6.07) is 2.17. The normalized spacial score (nSPS) is 28.9. The molecule has 3 N–H and O–H groups in total. The van der Waals surface area contributed by atoms with Crippen molar-refractivity contribution >= 4 is 23.5 Å². The zero-order chi connectivity index (χ0) is 10.7. The fraction of sp³-hybridized carbons (Fsp3) is 0.600.